The molecule has 2 atom stereocenters. The minimum atomic E-state index is -4.62. The first-order chi connectivity index (χ1) is 18.6. The van der Waals surface area contributed by atoms with E-state index in [0.717, 1.165) is 44.0 Å². The maximum absolute atomic E-state index is 13.0. The van der Waals surface area contributed by atoms with Crippen molar-refractivity contribution in [2.24, 2.45) is 0 Å². The summed E-state index contributed by atoms with van der Waals surface area (Å²) >= 11 is 0. The quantitative estimate of drug-likeness (QED) is 0.377. The van der Waals surface area contributed by atoms with Gasteiger partial charge in [0, 0.05) is 31.2 Å². The van der Waals surface area contributed by atoms with Crippen LogP contribution in [0.4, 0.5) is 13.2 Å². The van der Waals surface area contributed by atoms with Gasteiger partial charge in [0.2, 0.25) is 10.0 Å². The number of benzene rings is 2. The Bertz CT molecular complexity index is 1400. The molecule has 1 fully saturated rings. The fourth-order valence-electron chi connectivity index (χ4n) is 5.71. The number of aryl methyl sites for hydroxylation is 1. The van der Waals surface area contributed by atoms with E-state index in [0.29, 0.717) is 17.8 Å². The molecule has 0 bridgehead atoms. The SMILES string of the molecule is C[C@@H](Cc1cn(C2CCCc3cc(CNC4CCCC4)ccc32)nn1)NS(=O)(=O)c1cccc(C(F)(F)F)c1. The molecular formula is C28H34F3N5O2S. The molecule has 210 valence electrons. The molecule has 5 rings (SSSR count). The fourth-order valence-corrected chi connectivity index (χ4v) is 6.99. The van der Waals surface area contributed by atoms with Gasteiger partial charge in [-0.2, -0.15) is 13.2 Å². The second-order valence-electron chi connectivity index (χ2n) is 10.7. The summed E-state index contributed by atoms with van der Waals surface area (Å²) in [5.41, 5.74) is 3.46. The van der Waals surface area contributed by atoms with Crippen molar-refractivity contribution in [1.82, 2.24) is 25.0 Å². The molecule has 0 saturated heterocycles. The number of sulfonamides is 1. The van der Waals surface area contributed by atoms with E-state index in [1.165, 1.54) is 42.4 Å². The van der Waals surface area contributed by atoms with Gasteiger partial charge in [-0.1, -0.05) is 42.3 Å². The van der Waals surface area contributed by atoms with Gasteiger partial charge < -0.3 is 5.32 Å². The Balaban J connectivity index is 1.23. The lowest BCUT2D eigenvalue weighted by Gasteiger charge is -2.26. The second kappa shape index (κ2) is 11.4. The van der Waals surface area contributed by atoms with Crippen molar-refractivity contribution in [3.63, 3.8) is 0 Å². The van der Waals surface area contributed by atoms with Crippen LogP contribution < -0.4 is 10.0 Å². The number of hydrogen-bond donors (Lipinski definition) is 2. The van der Waals surface area contributed by atoms with E-state index >= 15 is 0 Å². The maximum Gasteiger partial charge on any atom is 0.416 e. The summed E-state index contributed by atoms with van der Waals surface area (Å²) < 4.78 is 68.9. The molecule has 2 aliphatic carbocycles. The molecule has 11 heteroatoms. The highest BCUT2D eigenvalue weighted by molar-refractivity contribution is 7.89. The first-order valence-electron chi connectivity index (χ1n) is 13.5. The van der Waals surface area contributed by atoms with Crippen LogP contribution in [-0.4, -0.2) is 35.5 Å². The number of alkyl halides is 3. The largest absolute Gasteiger partial charge is 0.416 e. The van der Waals surface area contributed by atoms with E-state index in [1.54, 1.807) is 6.92 Å². The van der Waals surface area contributed by atoms with Crippen LogP contribution in [0.15, 0.2) is 53.6 Å². The number of aromatic nitrogens is 3. The number of rotatable bonds is 9. The van der Waals surface area contributed by atoms with E-state index in [-0.39, 0.29) is 12.5 Å². The molecule has 3 aromatic rings. The fraction of sp³-hybridized carbons (Fsp3) is 0.500. The Labute approximate surface area is 227 Å². The molecule has 0 aliphatic heterocycles. The van der Waals surface area contributed by atoms with Crippen molar-refractivity contribution in [3.05, 3.63) is 76.6 Å². The highest BCUT2D eigenvalue weighted by Crippen LogP contribution is 2.33. The summed E-state index contributed by atoms with van der Waals surface area (Å²) in [5.74, 6) is 0. The van der Waals surface area contributed by atoms with Gasteiger partial charge in [0.1, 0.15) is 0 Å². The molecule has 39 heavy (non-hydrogen) atoms. The van der Waals surface area contributed by atoms with E-state index < -0.39 is 32.7 Å². The molecule has 1 saturated carbocycles. The summed E-state index contributed by atoms with van der Waals surface area (Å²) in [6, 6.07) is 10.5. The van der Waals surface area contributed by atoms with Gasteiger partial charge in [0.05, 0.1) is 22.2 Å². The van der Waals surface area contributed by atoms with Gasteiger partial charge in [-0.05, 0) is 73.9 Å². The van der Waals surface area contributed by atoms with Crippen LogP contribution in [0, 0.1) is 0 Å². The van der Waals surface area contributed by atoms with E-state index in [2.05, 4.69) is 38.6 Å². The predicted octanol–water partition coefficient (Wildman–Crippen LogP) is 5.16. The Morgan fingerprint density at radius 1 is 1.08 bits per heavy atom. The Hall–Kier alpha value is -2.76. The number of nitrogens with one attached hydrogen (secondary N) is 2. The zero-order chi connectivity index (χ0) is 27.6. The van der Waals surface area contributed by atoms with Crippen LogP contribution in [0.3, 0.4) is 0 Å². The summed E-state index contributed by atoms with van der Waals surface area (Å²) in [7, 11) is -4.14. The molecule has 1 unspecified atom stereocenters. The zero-order valence-electron chi connectivity index (χ0n) is 21.9. The standard InChI is InChI=1S/C28H34F3N5O2S/c1-19(34-39(37,38)25-10-5-7-22(16-25)28(29,30)31)14-24-18-36(35-33-24)27-11-4-6-21-15-20(12-13-26(21)27)17-32-23-8-2-3-9-23/h5,7,10,12-13,15-16,18-19,23,27,32,34H,2-4,6,8-9,11,14,17H2,1H3/t19-,27?/m0/s1. The van der Waals surface area contributed by atoms with Crippen molar-refractivity contribution in [2.45, 2.75) is 94.0 Å². The third-order valence-corrected chi connectivity index (χ3v) is 9.25. The lowest BCUT2D eigenvalue weighted by Crippen LogP contribution is -2.34. The smallest absolute Gasteiger partial charge is 0.310 e. The Morgan fingerprint density at radius 2 is 1.87 bits per heavy atom. The number of nitrogens with zero attached hydrogens (tertiary/aromatic N) is 3. The van der Waals surface area contributed by atoms with Crippen molar-refractivity contribution >= 4 is 10.0 Å². The third kappa shape index (κ3) is 6.70. The van der Waals surface area contributed by atoms with Crippen molar-refractivity contribution in [1.29, 1.82) is 0 Å². The van der Waals surface area contributed by atoms with Gasteiger partial charge in [-0.15, -0.1) is 5.10 Å². The topological polar surface area (TPSA) is 88.9 Å². The van der Waals surface area contributed by atoms with Crippen LogP contribution in [0.25, 0.3) is 0 Å². The van der Waals surface area contributed by atoms with E-state index in [4.69, 9.17) is 0 Å². The summed E-state index contributed by atoms with van der Waals surface area (Å²) in [5, 5.41) is 12.3. The Morgan fingerprint density at radius 3 is 2.64 bits per heavy atom. The highest BCUT2D eigenvalue weighted by Gasteiger charge is 2.32. The normalized spacial score (nSPS) is 19.2. The van der Waals surface area contributed by atoms with Crippen molar-refractivity contribution < 1.29 is 21.6 Å². The summed E-state index contributed by atoms with van der Waals surface area (Å²) in [6.45, 7) is 2.53. The lowest BCUT2D eigenvalue weighted by atomic mass is 9.86. The van der Waals surface area contributed by atoms with Gasteiger partial charge in [0.15, 0.2) is 0 Å². The molecule has 0 amide bonds. The first-order valence-corrected chi connectivity index (χ1v) is 15.0. The molecule has 2 N–H and O–H groups in total. The van der Waals surface area contributed by atoms with Crippen LogP contribution in [0.2, 0.25) is 0 Å². The average Bonchev–Trinajstić information content (AvgIpc) is 3.58. The monoisotopic (exact) mass is 561 g/mol. The minimum absolute atomic E-state index is 0.0592. The van der Waals surface area contributed by atoms with Gasteiger partial charge >= 0.3 is 6.18 Å². The molecule has 0 spiro atoms. The second-order valence-corrected chi connectivity index (χ2v) is 12.5. The molecule has 0 radical (unpaired) electrons. The lowest BCUT2D eigenvalue weighted by molar-refractivity contribution is -0.137. The zero-order valence-corrected chi connectivity index (χ0v) is 22.7. The van der Waals surface area contributed by atoms with Crippen molar-refractivity contribution in [3.8, 4) is 0 Å². The molecule has 2 aliphatic rings. The van der Waals surface area contributed by atoms with Crippen LogP contribution in [0.5, 0.6) is 0 Å². The van der Waals surface area contributed by atoms with Crippen LogP contribution >= 0.6 is 0 Å². The third-order valence-electron chi connectivity index (χ3n) is 7.66. The average molecular weight is 562 g/mol. The number of hydrogen-bond acceptors (Lipinski definition) is 5. The van der Waals surface area contributed by atoms with Crippen LogP contribution in [-0.2, 0) is 35.6 Å². The molecule has 1 heterocycles. The van der Waals surface area contributed by atoms with Gasteiger partial charge in [-0.3, -0.25) is 0 Å². The van der Waals surface area contributed by atoms with Gasteiger partial charge in [-0.25, -0.2) is 17.8 Å². The van der Waals surface area contributed by atoms with Crippen molar-refractivity contribution in [2.75, 3.05) is 0 Å². The van der Waals surface area contributed by atoms with Gasteiger partial charge in [0.25, 0.3) is 0 Å². The number of fused-ring (bicyclic) bond motifs is 1. The molecule has 1 aromatic heterocycles. The molecule has 7 nitrogen and oxygen atoms in total. The predicted molar refractivity (Wildman–Crippen MR) is 142 cm³/mol. The maximum atomic E-state index is 13.0. The summed E-state index contributed by atoms with van der Waals surface area (Å²) in [4.78, 5) is -0.426. The van der Waals surface area contributed by atoms with Crippen LogP contribution in [0.1, 0.15) is 79.4 Å². The summed E-state index contributed by atoms with van der Waals surface area (Å²) in [6.07, 6.45) is 5.61. The number of halogens is 3. The minimum Gasteiger partial charge on any atom is -0.310 e. The Kier molecular flexibility index (Phi) is 8.11. The first kappa shape index (κ1) is 27.8. The van der Waals surface area contributed by atoms with E-state index in [9.17, 15) is 21.6 Å². The highest BCUT2D eigenvalue weighted by atomic mass is 32.2. The van der Waals surface area contributed by atoms with E-state index in [1.807, 2.05) is 10.9 Å². The molecular weight excluding hydrogens is 527 g/mol. The molecule has 2 aromatic carbocycles.